The van der Waals surface area contributed by atoms with E-state index in [1.165, 1.54) is 4.90 Å². The van der Waals surface area contributed by atoms with Crippen LogP contribution >= 0.6 is 0 Å². The van der Waals surface area contributed by atoms with Crippen LogP contribution in [0.5, 0.6) is 0 Å². The molecule has 0 aromatic rings. The molecule has 0 atom stereocenters. The number of alkyl halides is 3. The van der Waals surface area contributed by atoms with Crippen molar-refractivity contribution in [2.24, 2.45) is 11.8 Å². The lowest BCUT2D eigenvalue weighted by Gasteiger charge is -2.42. The van der Waals surface area contributed by atoms with Crippen molar-refractivity contribution in [1.29, 1.82) is 0 Å². The Kier molecular flexibility index (Phi) is 5.72. The van der Waals surface area contributed by atoms with Gasteiger partial charge in [-0.2, -0.15) is 0 Å². The minimum Gasteiger partial charge on any atom is -0.307 e. The van der Waals surface area contributed by atoms with Crippen LogP contribution in [0.15, 0.2) is 0 Å². The second-order valence-corrected chi connectivity index (χ2v) is 6.63. The molecule has 0 aliphatic carbocycles. The first-order chi connectivity index (χ1) is 10.4. The third-order valence-corrected chi connectivity index (χ3v) is 4.30. The van der Waals surface area contributed by atoms with Gasteiger partial charge in [-0.05, 0) is 25.7 Å². The molecule has 0 saturated carbocycles. The number of hydrogen-bond donors (Lipinski definition) is 0. The summed E-state index contributed by atoms with van der Waals surface area (Å²) in [5.41, 5.74) is -1.16. The predicted octanol–water partition coefficient (Wildman–Crippen LogP) is 3.25. The number of hydrogen-bond acceptors (Lipinski definition) is 3. The molecule has 1 aliphatic rings. The molecule has 23 heavy (non-hydrogen) atoms. The van der Waals surface area contributed by atoms with Crippen molar-refractivity contribution in [3.8, 4) is 0 Å². The third-order valence-electron chi connectivity index (χ3n) is 4.30. The van der Waals surface area contributed by atoms with Gasteiger partial charge in [0.15, 0.2) is 0 Å². The molecule has 1 saturated heterocycles. The lowest BCUT2D eigenvalue weighted by molar-refractivity contribution is -0.325. The number of carbonyl (C=O) groups excluding carboxylic acids is 2. The van der Waals surface area contributed by atoms with E-state index in [0.717, 1.165) is 4.90 Å². The van der Waals surface area contributed by atoms with Crippen molar-refractivity contribution in [2.75, 3.05) is 13.2 Å². The van der Waals surface area contributed by atoms with Crippen LogP contribution in [-0.4, -0.2) is 52.8 Å². The van der Waals surface area contributed by atoms with Gasteiger partial charge in [0.05, 0.1) is 6.61 Å². The van der Waals surface area contributed by atoms with E-state index in [4.69, 9.17) is 0 Å². The summed E-state index contributed by atoms with van der Waals surface area (Å²) in [5, 5.41) is 0. The fourth-order valence-electron chi connectivity index (χ4n) is 3.46. The van der Waals surface area contributed by atoms with E-state index in [-0.39, 0.29) is 30.3 Å². The van der Waals surface area contributed by atoms with Gasteiger partial charge in [0.25, 0.3) is 5.91 Å². The molecule has 0 aromatic carbocycles. The topological polar surface area (TPSA) is 49.9 Å². The summed E-state index contributed by atoms with van der Waals surface area (Å²) in [6, 6.07) is -0.918. The van der Waals surface area contributed by atoms with E-state index in [1.54, 1.807) is 41.5 Å². The van der Waals surface area contributed by atoms with Gasteiger partial charge < -0.3 is 4.90 Å². The van der Waals surface area contributed by atoms with Gasteiger partial charge in [-0.25, -0.2) is 4.79 Å². The quantitative estimate of drug-likeness (QED) is 0.699. The minimum absolute atomic E-state index is 0.242. The number of ether oxygens (including phenoxy) is 1. The summed E-state index contributed by atoms with van der Waals surface area (Å²) in [6.07, 6.45) is -4.76. The van der Waals surface area contributed by atoms with E-state index in [9.17, 15) is 22.8 Å². The first-order valence-electron chi connectivity index (χ1n) is 7.73. The highest BCUT2D eigenvalue weighted by atomic mass is 19.4. The molecule has 8 heteroatoms. The van der Waals surface area contributed by atoms with Crippen LogP contribution in [0.2, 0.25) is 0 Å². The Bertz CT molecular complexity index is 453. The van der Waals surface area contributed by atoms with Gasteiger partial charge in [-0.3, -0.25) is 14.4 Å². The lowest BCUT2D eigenvalue weighted by Crippen LogP contribution is -2.58. The molecule has 0 bridgehead atoms. The van der Waals surface area contributed by atoms with E-state index < -0.39 is 24.5 Å². The molecule has 5 nitrogen and oxygen atoms in total. The summed E-state index contributed by atoms with van der Waals surface area (Å²) < 4.78 is 40.4. The van der Waals surface area contributed by atoms with Crippen molar-refractivity contribution in [3.63, 3.8) is 0 Å². The number of carbonyl (C=O) groups is 2. The average molecular weight is 338 g/mol. The van der Waals surface area contributed by atoms with Gasteiger partial charge in [0, 0.05) is 12.6 Å². The van der Waals surface area contributed by atoms with Crippen LogP contribution in [0.1, 0.15) is 41.5 Å². The minimum atomic E-state index is -4.76. The number of imide groups is 1. The molecule has 0 spiro atoms. The first-order valence-corrected chi connectivity index (χ1v) is 7.73. The molecule has 0 radical (unpaired) electrons. The van der Waals surface area contributed by atoms with Crippen molar-refractivity contribution >= 4 is 11.9 Å². The smallest absolute Gasteiger partial charge is 0.307 e. The zero-order valence-electron chi connectivity index (χ0n) is 14.4. The highest BCUT2D eigenvalue weighted by Gasteiger charge is 2.60. The summed E-state index contributed by atoms with van der Waals surface area (Å²) in [7, 11) is 0. The summed E-state index contributed by atoms with van der Waals surface area (Å²) in [5.74, 6) is -0.836. The molecule has 134 valence electrons. The zero-order valence-corrected chi connectivity index (χ0v) is 14.4. The molecule has 0 unspecified atom stereocenters. The molecule has 3 amide bonds. The summed E-state index contributed by atoms with van der Waals surface area (Å²) >= 11 is 0. The molecule has 1 aliphatic heterocycles. The second kappa shape index (κ2) is 6.67. The summed E-state index contributed by atoms with van der Waals surface area (Å²) in [4.78, 5) is 27.9. The Morgan fingerprint density at radius 2 is 1.52 bits per heavy atom. The van der Waals surface area contributed by atoms with Gasteiger partial charge in [0.1, 0.15) is 5.54 Å². The maximum atomic E-state index is 12.9. The fraction of sp³-hybridized carbons (Fsp3) is 0.867. The normalized spacial score (nSPS) is 19.0. The number of halogens is 3. The van der Waals surface area contributed by atoms with E-state index in [0.29, 0.717) is 0 Å². The number of rotatable bonds is 6. The molecule has 0 aromatic heterocycles. The first kappa shape index (κ1) is 19.7. The Morgan fingerprint density at radius 3 is 1.87 bits per heavy atom. The Morgan fingerprint density at radius 1 is 1.04 bits per heavy atom. The molecule has 1 fully saturated rings. The molecule has 1 rings (SSSR count). The van der Waals surface area contributed by atoms with Gasteiger partial charge >= 0.3 is 12.4 Å². The highest BCUT2D eigenvalue weighted by Crippen LogP contribution is 2.41. The SMILES string of the molecule is CC(C)N1C(=O)N(CCOC(F)(F)F)C(C(C)C)(C(C)C)C1=O. The van der Waals surface area contributed by atoms with Crippen molar-refractivity contribution in [1.82, 2.24) is 9.80 Å². The van der Waals surface area contributed by atoms with Crippen LogP contribution in [0.4, 0.5) is 18.0 Å². The average Bonchev–Trinajstić information content (AvgIpc) is 2.56. The molecular formula is C15H25F3N2O3. The van der Waals surface area contributed by atoms with Gasteiger partial charge in [-0.1, -0.05) is 27.7 Å². The van der Waals surface area contributed by atoms with E-state index in [2.05, 4.69) is 4.74 Å². The molecular weight excluding hydrogens is 313 g/mol. The molecule has 0 N–H and O–H groups in total. The van der Waals surface area contributed by atoms with Crippen molar-refractivity contribution < 1.29 is 27.5 Å². The predicted molar refractivity (Wildman–Crippen MR) is 78.5 cm³/mol. The fourth-order valence-corrected chi connectivity index (χ4v) is 3.46. The van der Waals surface area contributed by atoms with Gasteiger partial charge in [0.2, 0.25) is 0 Å². The zero-order chi connectivity index (χ0) is 18.2. The third kappa shape index (κ3) is 3.46. The Labute approximate surface area is 134 Å². The maximum Gasteiger partial charge on any atom is 0.522 e. The maximum absolute atomic E-state index is 12.9. The lowest BCUT2D eigenvalue weighted by atomic mass is 9.75. The van der Waals surface area contributed by atoms with E-state index in [1.807, 2.05) is 0 Å². The standard InChI is InChI=1S/C15H25F3N2O3/c1-9(2)14(10(3)4)12(21)20(11(5)6)13(22)19(14)7-8-23-15(16,17)18/h9-11H,7-8H2,1-6H3. The second-order valence-electron chi connectivity index (χ2n) is 6.63. The van der Waals surface area contributed by atoms with Crippen LogP contribution in [0.3, 0.4) is 0 Å². The Hall–Kier alpha value is -1.31. The van der Waals surface area contributed by atoms with Crippen molar-refractivity contribution in [2.45, 2.75) is 59.5 Å². The van der Waals surface area contributed by atoms with Crippen LogP contribution < -0.4 is 0 Å². The Balaban J connectivity index is 3.20. The van der Waals surface area contributed by atoms with Gasteiger partial charge in [-0.15, -0.1) is 13.2 Å². The van der Waals surface area contributed by atoms with Crippen LogP contribution in [0, 0.1) is 11.8 Å². The van der Waals surface area contributed by atoms with Crippen molar-refractivity contribution in [3.05, 3.63) is 0 Å². The number of amides is 3. The van der Waals surface area contributed by atoms with E-state index >= 15 is 0 Å². The van der Waals surface area contributed by atoms with Crippen LogP contribution in [0.25, 0.3) is 0 Å². The highest BCUT2D eigenvalue weighted by molar-refractivity contribution is 6.07. The number of urea groups is 1. The monoisotopic (exact) mass is 338 g/mol. The summed E-state index contributed by atoms with van der Waals surface area (Å²) in [6.45, 7) is 9.62. The largest absolute Gasteiger partial charge is 0.522 e. The van der Waals surface area contributed by atoms with Crippen LogP contribution in [-0.2, 0) is 9.53 Å². The number of nitrogens with zero attached hydrogens (tertiary/aromatic N) is 2. The molecule has 1 heterocycles.